The van der Waals surface area contributed by atoms with E-state index in [0.29, 0.717) is 24.8 Å². The van der Waals surface area contributed by atoms with Crippen molar-refractivity contribution in [2.24, 2.45) is 16.6 Å². The highest BCUT2D eigenvalue weighted by Crippen LogP contribution is 2.18. The van der Waals surface area contributed by atoms with Gasteiger partial charge in [-0.15, -0.1) is 0 Å². The van der Waals surface area contributed by atoms with E-state index in [1.807, 2.05) is 42.5 Å². The molecule has 1 saturated heterocycles. The molecular formula is C25H34N4O3. The standard InChI is InChI=1S/C25H34N4O3/c1-2-27-25(28-14-12-20-8-10-23(11-9-20)32-19-24(26)30)29-15-13-22(16-29)18-31-17-21-6-4-3-5-7-21/h3-11,22H,2,12-19H2,1H3,(H2,26,30)(H,27,28). The highest BCUT2D eigenvalue weighted by Gasteiger charge is 2.24. The number of likely N-dealkylation sites (tertiary alicyclic amines) is 1. The lowest BCUT2D eigenvalue weighted by Gasteiger charge is -2.21. The van der Waals surface area contributed by atoms with E-state index in [-0.39, 0.29) is 6.61 Å². The number of rotatable bonds is 11. The van der Waals surface area contributed by atoms with Crippen LogP contribution in [0.5, 0.6) is 5.75 Å². The van der Waals surface area contributed by atoms with Crippen LogP contribution < -0.4 is 15.8 Å². The van der Waals surface area contributed by atoms with Gasteiger partial charge >= 0.3 is 0 Å². The highest BCUT2D eigenvalue weighted by molar-refractivity contribution is 5.80. The third kappa shape index (κ3) is 7.89. The number of amides is 1. The minimum absolute atomic E-state index is 0.107. The number of ether oxygens (including phenoxy) is 2. The topological polar surface area (TPSA) is 89.2 Å². The van der Waals surface area contributed by atoms with Crippen LogP contribution in [0.2, 0.25) is 0 Å². The van der Waals surface area contributed by atoms with Gasteiger partial charge in [-0.3, -0.25) is 9.79 Å². The fourth-order valence-corrected chi connectivity index (χ4v) is 3.70. The summed E-state index contributed by atoms with van der Waals surface area (Å²) in [6.07, 6.45) is 1.95. The molecule has 1 amide bonds. The Morgan fingerprint density at radius 3 is 2.66 bits per heavy atom. The molecule has 3 rings (SSSR count). The number of nitrogens with two attached hydrogens (primary N) is 1. The molecule has 7 heteroatoms. The van der Waals surface area contributed by atoms with Gasteiger partial charge in [-0.05, 0) is 43.0 Å². The largest absolute Gasteiger partial charge is 0.484 e. The van der Waals surface area contributed by atoms with Crippen LogP contribution >= 0.6 is 0 Å². The summed E-state index contributed by atoms with van der Waals surface area (Å²) in [7, 11) is 0. The van der Waals surface area contributed by atoms with Gasteiger partial charge < -0.3 is 25.4 Å². The Morgan fingerprint density at radius 2 is 1.94 bits per heavy atom. The lowest BCUT2D eigenvalue weighted by Crippen LogP contribution is -2.40. The van der Waals surface area contributed by atoms with Crippen LogP contribution in [0.4, 0.5) is 0 Å². The van der Waals surface area contributed by atoms with E-state index >= 15 is 0 Å². The second-order valence-corrected chi connectivity index (χ2v) is 7.99. The smallest absolute Gasteiger partial charge is 0.255 e. The molecule has 1 heterocycles. The number of carbonyl (C=O) groups is 1. The number of carbonyl (C=O) groups excluding carboxylic acids is 1. The van der Waals surface area contributed by atoms with Crippen molar-refractivity contribution in [3.63, 3.8) is 0 Å². The van der Waals surface area contributed by atoms with Gasteiger partial charge in [0.15, 0.2) is 12.6 Å². The Hall–Kier alpha value is -3.06. The van der Waals surface area contributed by atoms with Gasteiger partial charge in [0.25, 0.3) is 5.91 Å². The number of primary amides is 1. The summed E-state index contributed by atoms with van der Waals surface area (Å²) < 4.78 is 11.2. The number of hydrogen-bond acceptors (Lipinski definition) is 4. The summed E-state index contributed by atoms with van der Waals surface area (Å²) in [4.78, 5) is 18.0. The third-order valence-corrected chi connectivity index (χ3v) is 5.35. The normalized spacial score (nSPS) is 16.2. The van der Waals surface area contributed by atoms with E-state index < -0.39 is 5.91 Å². The van der Waals surface area contributed by atoms with Crippen LogP contribution in [0.1, 0.15) is 24.5 Å². The molecule has 0 radical (unpaired) electrons. The van der Waals surface area contributed by atoms with Crippen molar-refractivity contribution in [2.45, 2.75) is 26.4 Å². The van der Waals surface area contributed by atoms with E-state index in [9.17, 15) is 4.79 Å². The van der Waals surface area contributed by atoms with E-state index in [4.69, 9.17) is 20.2 Å². The van der Waals surface area contributed by atoms with Crippen molar-refractivity contribution in [1.82, 2.24) is 10.2 Å². The van der Waals surface area contributed by atoms with Crippen LogP contribution in [-0.2, 0) is 22.6 Å². The predicted molar refractivity (Wildman–Crippen MR) is 127 cm³/mol. The number of guanidine groups is 1. The zero-order chi connectivity index (χ0) is 22.6. The molecule has 2 aromatic carbocycles. The first-order chi connectivity index (χ1) is 15.6. The van der Waals surface area contributed by atoms with Gasteiger partial charge in [0, 0.05) is 32.1 Å². The molecule has 0 spiro atoms. The fraction of sp³-hybridized carbons (Fsp3) is 0.440. The zero-order valence-electron chi connectivity index (χ0n) is 18.8. The number of aliphatic imine (C=N–C) groups is 1. The Balaban J connectivity index is 1.43. The maximum absolute atomic E-state index is 10.8. The molecule has 7 nitrogen and oxygen atoms in total. The van der Waals surface area contributed by atoms with Gasteiger partial charge in [0.05, 0.1) is 13.2 Å². The van der Waals surface area contributed by atoms with Crippen LogP contribution in [0, 0.1) is 5.92 Å². The molecule has 1 aliphatic heterocycles. The van der Waals surface area contributed by atoms with Crippen LogP contribution in [0.25, 0.3) is 0 Å². The molecule has 0 saturated carbocycles. The molecular weight excluding hydrogens is 404 g/mol. The first-order valence-electron chi connectivity index (χ1n) is 11.3. The third-order valence-electron chi connectivity index (χ3n) is 5.35. The molecule has 1 aliphatic rings. The average Bonchev–Trinajstić information content (AvgIpc) is 3.27. The van der Waals surface area contributed by atoms with Gasteiger partial charge in [-0.25, -0.2) is 0 Å². The summed E-state index contributed by atoms with van der Waals surface area (Å²) in [5.74, 6) is 1.66. The molecule has 32 heavy (non-hydrogen) atoms. The van der Waals surface area contributed by atoms with E-state index in [2.05, 4.69) is 29.3 Å². The van der Waals surface area contributed by atoms with Gasteiger partial charge in [0.2, 0.25) is 0 Å². The predicted octanol–water partition coefficient (Wildman–Crippen LogP) is 2.60. The number of hydrogen-bond donors (Lipinski definition) is 2. The van der Waals surface area contributed by atoms with Crippen molar-refractivity contribution in [1.29, 1.82) is 0 Å². The first kappa shape index (κ1) is 23.6. The van der Waals surface area contributed by atoms with Crippen molar-refractivity contribution in [3.8, 4) is 5.75 Å². The highest BCUT2D eigenvalue weighted by atomic mass is 16.5. The lowest BCUT2D eigenvalue weighted by molar-refractivity contribution is -0.119. The van der Waals surface area contributed by atoms with E-state index in [1.54, 1.807) is 0 Å². The minimum atomic E-state index is -0.480. The Morgan fingerprint density at radius 1 is 1.16 bits per heavy atom. The molecule has 0 aromatic heterocycles. The molecule has 1 unspecified atom stereocenters. The SMILES string of the molecule is CCNC(=NCCc1ccc(OCC(N)=O)cc1)N1CCC(COCc2ccccc2)C1. The summed E-state index contributed by atoms with van der Waals surface area (Å²) in [5.41, 5.74) is 7.49. The Labute approximate surface area is 190 Å². The fourth-order valence-electron chi connectivity index (χ4n) is 3.70. The second kappa shape index (κ2) is 12.7. The Bertz CT molecular complexity index is 855. The van der Waals surface area contributed by atoms with Crippen molar-refractivity contribution < 1.29 is 14.3 Å². The number of nitrogens with one attached hydrogen (secondary N) is 1. The quantitative estimate of drug-likeness (QED) is 0.416. The molecule has 172 valence electrons. The average molecular weight is 439 g/mol. The zero-order valence-corrected chi connectivity index (χ0v) is 18.8. The molecule has 0 bridgehead atoms. The lowest BCUT2D eigenvalue weighted by atomic mass is 10.1. The minimum Gasteiger partial charge on any atom is -0.484 e. The molecule has 1 fully saturated rings. The molecule has 0 aliphatic carbocycles. The molecule has 1 atom stereocenters. The number of nitrogens with zero attached hydrogens (tertiary/aromatic N) is 2. The van der Waals surface area contributed by atoms with Crippen molar-refractivity contribution in [2.75, 3.05) is 39.4 Å². The summed E-state index contributed by atoms with van der Waals surface area (Å²) in [6, 6.07) is 18.0. The van der Waals surface area contributed by atoms with Gasteiger partial charge in [-0.2, -0.15) is 0 Å². The van der Waals surface area contributed by atoms with Crippen LogP contribution in [0.3, 0.4) is 0 Å². The van der Waals surface area contributed by atoms with Gasteiger partial charge in [0.1, 0.15) is 5.75 Å². The van der Waals surface area contributed by atoms with Crippen molar-refractivity contribution >= 4 is 11.9 Å². The maximum Gasteiger partial charge on any atom is 0.255 e. The number of benzene rings is 2. The molecule has 3 N–H and O–H groups in total. The van der Waals surface area contributed by atoms with E-state index in [1.165, 1.54) is 11.1 Å². The second-order valence-electron chi connectivity index (χ2n) is 7.99. The van der Waals surface area contributed by atoms with Crippen LogP contribution in [-0.4, -0.2) is 56.2 Å². The Kier molecular flexibility index (Phi) is 9.37. The van der Waals surface area contributed by atoms with Crippen LogP contribution in [0.15, 0.2) is 59.6 Å². The van der Waals surface area contributed by atoms with Gasteiger partial charge in [-0.1, -0.05) is 42.5 Å². The summed E-state index contributed by atoms with van der Waals surface area (Å²) in [6.45, 7) is 6.93. The molecule has 2 aromatic rings. The monoisotopic (exact) mass is 438 g/mol. The van der Waals surface area contributed by atoms with Crippen molar-refractivity contribution in [3.05, 3.63) is 65.7 Å². The maximum atomic E-state index is 10.8. The summed E-state index contributed by atoms with van der Waals surface area (Å²) in [5, 5.41) is 3.42. The van der Waals surface area contributed by atoms with E-state index in [0.717, 1.165) is 45.0 Å². The summed E-state index contributed by atoms with van der Waals surface area (Å²) >= 11 is 0. The first-order valence-corrected chi connectivity index (χ1v) is 11.3.